The number of methoxy groups -OCH3 is 1. The van der Waals surface area contributed by atoms with Gasteiger partial charge in [0.05, 0.1) is 13.1 Å². The van der Waals surface area contributed by atoms with Crippen LogP contribution in [0.4, 0.5) is 4.39 Å². The largest absolute Gasteiger partial charge is 0.543 e. The van der Waals surface area contributed by atoms with Crippen LogP contribution in [0.3, 0.4) is 0 Å². The Hall–Kier alpha value is -2.05. The summed E-state index contributed by atoms with van der Waals surface area (Å²) in [6, 6.07) is 0. The molecule has 6 nitrogen and oxygen atoms in total. The number of carboxylic acid groups (broad SMARTS) is 1. The van der Waals surface area contributed by atoms with Gasteiger partial charge >= 0.3 is 5.97 Å². The van der Waals surface area contributed by atoms with Gasteiger partial charge in [-0.25, -0.2) is 19.2 Å². The lowest BCUT2D eigenvalue weighted by Gasteiger charge is -2.04. The van der Waals surface area contributed by atoms with Crippen molar-refractivity contribution in [3.8, 4) is 0 Å². The van der Waals surface area contributed by atoms with Crippen LogP contribution in [0, 0.1) is 5.82 Å². The molecule has 0 fully saturated rings. The number of aromatic carboxylic acids is 1. The monoisotopic (exact) mass is 199 g/mol. The normalized spacial score (nSPS) is 9.57. The molecule has 1 aromatic heterocycles. The molecule has 0 saturated carbocycles. The van der Waals surface area contributed by atoms with E-state index >= 15 is 0 Å². The average molecular weight is 199 g/mol. The maximum Gasteiger partial charge on any atom is 0.359 e. The van der Waals surface area contributed by atoms with Gasteiger partial charge in [0.15, 0.2) is 11.5 Å². The SMILES string of the molecule is COC(=O)c1ncnc(C(=O)[O-])c1F. The predicted octanol–water partition coefficient (Wildman–Crippen LogP) is -1.23. The minimum absolute atomic E-state index is 0.735. The minimum Gasteiger partial charge on any atom is -0.543 e. The van der Waals surface area contributed by atoms with E-state index in [-0.39, 0.29) is 0 Å². The highest BCUT2D eigenvalue weighted by atomic mass is 19.1. The Morgan fingerprint density at radius 2 is 2.00 bits per heavy atom. The van der Waals surface area contributed by atoms with Crippen molar-refractivity contribution in [2.45, 2.75) is 0 Å². The number of halogens is 1. The van der Waals surface area contributed by atoms with E-state index in [2.05, 4.69) is 14.7 Å². The summed E-state index contributed by atoms with van der Waals surface area (Å²) >= 11 is 0. The van der Waals surface area contributed by atoms with Gasteiger partial charge in [0.2, 0.25) is 0 Å². The molecule has 14 heavy (non-hydrogen) atoms. The van der Waals surface area contributed by atoms with Gasteiger partial charge in [-0.05, 0) is 0 Å². The number of aromatic nitrogens is 2. The van der Waals surface area contributed by atoms with Crippen LogP contribution in [0.15, 0.2) is 6.33 Å². The third-order valence-electron chi connectivity index (χ3n) is 1.36. The highest BCUT2D eigenvalue weighted by Crippen LogP contribution is 2.07. The summed E-state index contributed by atoms with van der Waals surface area (Å²) in [5.41, 5.74) is -1.71. The Morgan fingerprint density at radius 1 is 1.43 bits per heavy atom. The van der Waals surface area contributed by atoms with Gasteiger partial charge < -0.3 is 14.6 Å². The molecule has 0 aromatic carbocycles. The van der Waals surface area contributed by atoms with Crippen molar-refractivity contribution in [1.29, 1.82) is 0 Å². The quantitative estimate of drug-likeness (QED) is 0.553. The number of carboxylic acids is 1. The molecule has 0 spiro atoms. The van der Waals surface area contributed by atoms with Gasteiger partial charge in [-0.1, -0.05) is 0 Å². The molecule has 0 aliphatic carbocycles. The van der Waals surface area contributed by atoms with Crippen LogP contribution >= 0.6 is 0 Å². The third kappa shape index (κ3) is 1.65. The summed E-state index contributed by atoms with van der Waals surface area (Å²) in [7, 11) is 1.02. The molecule has 74 valence electrons. The van der Waals surface area contributed by atoms with Gasteiger partial charge in [0.1, 0.15) is 12.0 Å². The maximum atomic E-state index is 13.1. The first-order valence-corrected chi connectivity index (χ1v) is 3.38. The molecule has 1 aromatic rings. The van der Waals surface area contributed by atoms with Crippen LogP contribution in [0.5, 0.6) is 0 Å². The number of carbonyl (C=O) groups excluding carboxylic acids is 2. The molecule has 1 heterocycles. The molecular weight excluding hydrogens is 195 g/mol. The van der Waals surface area contributed by atoms with Crippen LogP contribution in [-0.2, 0) is 4.74 Å². The molecule has 1 rings (SSSR count). The van der Waals surface area contributed by atoms with E-state index in [1.165, 1.54) is 0 Å². The van der Waals surface area contributed by atoms with Crippen molar-refractivity contribution in [2.24, 2.45) is 0 Å². The maximum absolute atomic E-state index is 13.1. The first-order valence-electron chi connectivity index (χ1n) is 3.38. The number of hydrogen-bond acceptors (Lipinski definition) is 6. The Balaban J connectivity index is 3.27. The summed E-state index contributed by atoms with van der Waals surface area (Å²) in [6.45, 7) is 0. The zero-order chi connectivity index (χ0) is 10.7. The van der Waals surface area contributed by atoms with E-state index < -0.39 is 29.1 Å². The minimum atomic E-state index is -1.82. The average Bonchev–Trinajstić information content (AvgIpc) is 2.16. The molecule has 0 amide bonds. The van der Waals surface area contributed by atoms with Crippen LogP contribution in [0.25, 0.3) is 0 Å². The molecular formula is C7H4FN2O4-. The van der Waals surface area contributed by atoms with Crippen LogP contribution in [-0.4, -0.2) is 29.0 Å². The number of ether oxygens (including phenoxy) is 1. The van der Waals surface area contributed by atoms with Gasteiger partial charge in [-0.15, -0.1) is 0 Å². The summed E-state index contributed by atoms with van der Waals surface area (Å²) in [5, 5.41) is 10.3. The number of rotatable bonds is 2. The van der Waals surface area contributed by atoms with E-state index in [1.54, 1.807) is 0 Å². The van der Waals surface area contributed by atoms with Crippen molar-refractivity contribution >= 4 is 11.9 Å². The lowest BCUT2D eigenvalue weighted by Crippen LogP contribution is -2.26. The van der Waals surface area contributed by atoms with E-state index in [9.17, 15) is 19.1 Å². The number of esters is 1. The highest BCUT2D eigenvalue weighted by molar-refractivity contribution is 5.91. The summed E-state index contributed by atoms with van der Waals surface area (Å²) in [5.74, 6) is -4.26. The topological polar surface area (TPSA) is 92.2 Å². The number of carbonyl (C=O) groups is 2. The van der Waals surface area contributed by atoms with Crippen molar-refractivity contribution in [1.82, 2.24) is 9.97 Å². The highest BCUT2D eigenvalue weighted by Gasteiger charge is 2.18. The first kappa shape index (κ1) is 10.0. The van der Waals surface area contributed by atoms with Crippen LogP contribution in [0.1, 0.15) is 21.0 Å². The van der Waals surface area contributed by atoms with Gasteiger partial charge in [-0.3, -0.25) is 0 Å². The smallest absolute Gasteiger partial charge is 0.359 e. The Bertz CT molecular complexity index is 393. The fourth-order valence-electron chi connectivity index (χ4n) is 0.751. The zero-order valence-electron chi connectivity index (χ0n) is 6.98. The summed E-state index contributed by atoms with van der Waals surface area (Å²) in [6.07, 6.45) is 0.737. The second-order valence-corrected chi connectivity index (χ2v) is 2.16. The second kappa shape index (κ2) is 3.77. The number of hydrogen-bond donors (Lipinski definition) is 0. The molecule has 0 aliphatic heterocycles. The fourth-order valence-corrected chi connectivity index (χ4v) is 0.751. The van der Waals surface area contributed by atoms with Gasteiger partial charge in [0, 0.05) is 0 Å². The standard InChI is InChI=1S/C7H5FN2O4/c1-14-7(13)5-3(8)4(6(11)12)9-2-10-5/h2H,1H3,(H,11,12)/p-1. The van der Waals surface area contributed by atoms with E-state index in [4.69, 9.17) is 0 Å². The molecule has 0 radical (unpaired) electrons. The predicted molar refractivity (Wildman–Crippen MR) is 37.7 cm³/mol. The van der Waals surface area contributed by atoms with Gasteiger partial charge in [0.25, 0.3) is 0 Å². The Kier molecular flexibility index (Phi) is 2.70. The Morgan fingerprint density at radius 3 is 2.50 bits per heavy atom. The summed E-state index contributed by atoms with van der Waals surface area (Å²) < 4.78 is 17.3. The zero-order valence-corrected chi connectivity index (χ0v) is 6.98. The van der Waals surface area contributed by atoms with Gasteiger partial charge in [-0.2, -0.15) is 0 Å². The van der Waals surface area contributed by atoms with Crippen molar-refractivity contribution in [3.05, 3.63) is 23.5 Å². The molecule has 0 N–H and O–H groups in total. The molecule has 0 aliphatic rings. The first-order chi connectivity index (χ1) is 6.57. The number of nitrogens with zero attached hydrogens (tertiary/aromatic N) is 2. The van der Waals surface area contributed by atoms with Crippen LogP contribution in [0.2, 0.25) is 0 Å². The molecule has 0 saturated heterocycles. The van der Waals surface area contributed by atoms with E-state index in [1.807, 2.05) is 0 Å². The molecule has 0 bridgehead atoms. The lowest BCUT2D eigenvalue weighted by atomic mass is 10.3. The Labute approximate surface area is 77.4 Å². The van der Waals surface area contributed by atoms with Crippen molar-refractivity contribution < 1.29 is 23.8 Å². The molecule has 0 unspecified atom stereocenters. The summed E-state index contributed by atoms with van der Waals surface area (Å²) in [4.78, 5) is 27.5. The van der Waals surface area contributed by atoms with Crippen molar-refractivity contribution in [2.75, 3.05) is 7.11 Å². The molecule has 0 atom stereocenters. The molecule has 7 heteroatoms. The lowest BCUT2D eigenvalue weighted by molar-refractivity contribution is -0.255. The van der Waals surface area contributed by atoms with Crippen LogP contribution < -0.4 is 5.11 Å². The van der Waals surface area contributed by atoms with E-state index in [0.717, 1.165) is 13.4 Å². The van der Waals surface area contributed by atoms with E-state index in [0.29, 0.717) is 0 Å². The second-order valence-electron chi connectivity index (χ2n) is 2.16. The third-order valence-corrected chi connectivity index (χ3v) is 1.36. The van der Waals surface area contributed by atoms with Crippen molar-refractivity contribution in [3.63, 3.8) is 0 Å². The fraction of sp³-hybridized carbons (Fsp3) is 0.143.